The van der Waals surface area contributed by atoms with Gasteiger partial charge in [0.1, 0.15) is 11.8 Å². The number of hydrogen-bond donors (Lipinski definition) is 1. The van der Waals surface area contributed by atoms with E-state index in [1.54, 1.807) is 36.3 Å². The van der Waals surface area contributed by atoms with Crippen molar-refractivity contribution in [2.24, 2.45) is 5.92 Å². The predicted octanol–water partition coefficient (Wildman–Crippen LogP) is 2.55. The van der Waals surface area contributed by atoms with Crippen LogP contribution in [0.3, 0.4) is 0 Å². The Labute approximate surface area is 129 Å². The van der Waals surface area contributed by atoms with Crippen LogP contribution in [0, 0.1) is 5.92 Å². The molecule has 0 radical (unpaired) electrons. The van der Waals surface area contributed by atoms with Crippen molar-refractivity contribution in [2.75, 3.05) is 7.11 Å². The third kappa shape index (κ3) is 2.56. The number of aliphatic carboxylic acids is 1. The highest BCUT2D eigenvalue weighted by Gasteiger charge is 2.47. The van der Waals surface area contributed by atoms with E-state index in [0.29, 0.717) is 23.7 Å². The summed E-state index contributed by atoms with van der Waals surface area (Å²) in [4.78, 5) is 26.0. The van der Waals surface area contributed by atoms with E-state index in [1.807, 2.05) is 0 Å². The molecule has 1 saturated heterocycles. The molecule has 1 N–H and O–H groups in total. The summed E-state index contributed by atoms with van der Waals surface area (Å²) in [7, 11) is 1.57. The summed E-state index contributed by atoms with van der Waals surface area (Å²) in [5.41, 5.74) is 0.526. The van der Waals surface area contributed by atoms with E-state index in [4.69, 9.17) is 4.74 Å². The highest BCUT2D eigenvalue weighted by molar-refractivity contribution is 5.97. The topological polar surface area (TPSA) is 66.8 Å². The summed E-state index contributed by atoms with van der Waals surface area (Å²) in [6, 6.07) is 6.26. The third-order valence-corrected chi connectivity index (χ3v) is 4.94. The number of likely N-dealkylation sites (tertiary alicyclic amines) is 1. The summed E-state index contributed by atoms with van der Waals surface area (Å²) < 4.78 is 5.10. The Bertz CT molecular complexity index is 569. The Morgan fingerprint density at radius 1 is 1.18 bits per heavy atom. The lowest BCUT2D eigenvalue weighted by atomic mass is 9.84. The van der Waals surface area contributed by atoms with E-state index in [2.05, 4.69) is 0 Å². The summed E-state index contributed by atoms with van der Waals surface area (Å²) in [6.07, 6.45) is 4.73. The van der Waals surface area contributed by atoms with Crippen molar-refractivity contribution in [3.8, 4) is 5.75 Å². The molecule has 3 unspecified atom stereocenters. The average Bonchev–Trinajstić information content (AvgIpc) is 2.94. The minimum absolute atomic E-state index is 0.0736. The normalized spacial score (nSPS) is 27.3. The number of carboxylic acid groups (broad SMARTS) is 1. The van der Waals surface area contributed by atoms with Crippen LogP contribution < -0.4 is 4.74 Å². The summed E-state index contributed by atoms with van der Waals surface area (Å²) >= 11 is 0. The summed E-state index contributed by atoms with van der Waals surface area (Å²) in [5.74, 6) is -0.0546. The molecule has 1 aliphatic heterocycles. The molecule has 118 valence electrons. The van der Waals surface area contributed by atoms with Crippen molar-refractivity contribution in [1.82, 2.24) is 4.90 Å². The second kappa shape index (κ2) is 5.99. The van der Waals surface area contributed by atoms with Crippen molar-refractivity contribution < 1.29 is 19.4 Å². The van der Waals surface area contributed by atoms with E-state index >= 15 is 0 Å². The number of carbonyl (C=O) groups is 2. The molecule has 2 fully saturated rings. The van der Waals surface area contributed by atoms with Gasteiger partial charge in [0.15, 0.2) is 0 Å². The van der Waals surface area contributed by atoms with Crippen LogP contribution >= 0.6 is 0 Å². The second-order valence-electron chi connectivity index (χ2n) is 6.14. The molecule has 1 amide bonds. The molecule has 0 spiro atoms. The average molecular weight is 303 g/mol. The molecular weight excluding hydrogens is 282 g/mol. The largest absolute Gasteiger partial charge is 0.497 e. The molecule has 3 rings (SSSR count). The van der Waals surface area contributed by atoms with E-state index < -0.39 is 12.0 Å². The minimum Gasteiger partial charge on any atom is -0.497 e. The molecule has 2 aliphatic rings. The number of nitrogens with zero attached hydrogens (tertiary/aromatic N) is 1. The van der Waals surface area contributed by atoms with Gasteiger partial charge in [-0.2, -0.15) is 0 Å². The number of fused-ring (bicyclic) bond motifs is 1. The molecule has 1 aliphatic carbocycles. The smallest absolute Gasteiger partial charge is 0.326 e. The standard InChI is InChI=1S/C17H21NO4/c1-22-13-8-6-11(7-9-13)16(19)18-14-5-3-2-4-12(14)10-15(18)17(20)21/h6-9,12,14-15H,2-5,10H2,1H3,(H,20,21). The SMILES string of the molecule is COc1ccc(C(=O)N2C(C(=O)O)CC3CCCCC32)cc1. The second-order valence-corrected chi connectivity index (χ2v) is 6.14. The van der Waals surface area contributed by atoms with Crippen LogP contribution in [-0.4, -0.2) is 41.1 Å². The zero-order valence-electron chi connectivity index (χ0n) is 12.7. The van der Waals surface area contributed by atoms with Crippen LogP contribution in [0.25, 0.3) is 0 Å². The van der Waals surface area contributed by atoms with Gasteiger partial charge in [0.05, 0.1) is 7.11 Å². The lowest BCUT2D eigenvalue weighted by molar-refractivity contribution is -0.141. The Kier molecular flexibility index (Phi) is 4.05. The van der Waals surface area contributed by atoms with Crippen LogP contribution in [0.4, 0.5) is 0 Å². The molecule has 5 nitrogen and oxygen atoms in total. The van der Waals surface area contributed by atoms with Crippen molar-refractivity contribution in [2.45, 2.75) is 44.2 Å². The first-order valence-electron chi connectivity index (χ1n) is 7.81. The fourth-order valence-corrected chi connectivity index (χ4v) is 3.86. The summed E-state index contributed by atoms with van der Waals surface area (Å²) in [6.45, 7) is 0. The molecule has 0 bridgehead atoms. The molecule has 1 heterocycles. The maximum Gasteiger partial charge on any atom is 0.326 e. The Morgan fingerprint density at radius 3 is 2.50 bits per heavy atom. The van der Waals surface area contributed by atoms with Crippen molar-refractivity contribution in [3.05, 3.63) is 29.8 Å². The van der Waals surface area contributed by atoms with Crippen LogP contribution in [-0.2, 0) is 4.79 Å². The fraction of sp³-hybridized carbons (Fsp3) is 0.529. The first kappa shape index (κ1) is 14.9. The number of benzene rings is 1. The van der Waals surface area contributed by atoms with Gasteiger partial charge in [-0.3, -0.25) is 4.79 Å². The number of ether oxygens (including phenoxy) is 1. The number of carbonyl (C=O) groups excluding carboxylic acids is 1. The molecule has 5 heteroatoms. The number of hydrogen-bond acceptors (Lipinski definition) is 3. The van der Waals surface area contributed by atoms with E-state index in [9.17, 15) is 14.7 Å². The lowest BCUT2D eigenvalue weighted by Crippen LogP contribution is -2.46. The van der Waals surface area contributed by atoms with E-state index in [-0.39, 0.29) is 11.9 Å². The van der Waals surface area contributed by atoms with Crippen LogP contribution in [0.15, 0.2) is 24.3 Å². The molecule has 1 saturated carbocycles. The molecular formula is C17H21NO4. The monoisotopic (exact) mass is 303 g/mol. The van der Waals surface area contributed by atoms with E-state index in [1.165, 1.54) is 0 Å². The number of methoxy groups -OCH3 is 1. The Balaban J connectivity index is 1.88. The minimum atomic E-state index is -0.892. The van der Waals surface area contributed by atoms with Crippen molar-refractivity contribution in [1.29, 1.82) is 0 Å². The maximum atomic E-state index is 12.8. The van der Waals surface area contributed by atoms with Crippen LogP contribution in [0.2, 0.25) is 0 Å². The van der Waals surface area contributed by atoms with Gasteiger partial charge >= 0.3 is 5.97 Å². The first-order chi connectivity index (χ1) is 10.6. The van der Waals surface area contributed by atoms with Gasteiger partial charge in [0.2, 0.25) is 0 Å². The predicted molar refractivity (Wildman–Crippen MR) is 81.0 cm³/mol. The van der Waals surface area contributed by atoms with Gasteiger partial charge in [0.25, 0.3) is 5.91 Å². The molecule has 1 aromatic carbocycles. The van der Waals surface area contributed by atoms with Gasteiger partial charge in [-0.25, -0.2) is 4.79 Å². The van der Waals surface area contributed by atoms with Gasteiger partial charge in [-0.15, -0.1) is 0 Å². The van der Waals surface area contributed by atoms with Gasteiger partial charge in [-0.05, 0) is 49.4 Å². The molecule has 0 aromatic heterocycles. The maximum absolute atomic E-state index is 12.8. The van der Waals surface area contributed by atoms with Gasteiger partial charge < -0.3 is 14.7 Å². The summed E-state index contributed by atoms with van der Waals surface area (Å²) in [5, 5.41) is 9.49. The highest BCUT2D eigenvalue weighted by Crippen LogP contribution is 2.40. The highest BCUT2D eigenvalue weighted by atomic mass is 16.5. The quantitative estimate of drug-likeness (QED) is 0.932. The molecule has 3 atom stereocenters. The van der Waals surface area contributed by atoms with Crippen molar-refractivity contribution >= 4 is 11.9 Å². The zero-order valence-corrected chi connectivity index (χ0v) is 12.7. The molecule has 22 heavy (non-hydrogen) atoms. The number of rotatable bonds is 3. The van der Waals surface area contributed by atoms with Gasteiger partial charge in [0, 0.05) is 11.6 Å². The van der Waals surface area contributed by atoms with E-state index in [0.717, 1.165) is 25.7 Å². The number of amides is 1. The first-order valence-corrected chi connectivity index (χ1v) is 7.81. The van der Waals surface area contributed by atoms with Crippen molar-refractivity contribution in [3.63, 3.8) is 0 Å². The number of carboxylic acids is 1. The fourth-order valence-electron chi connectivity index (χ4n) is 3.86. The lowest BCUT2D eigenvalue weighted by Gasteiger charge is -2.33. The van der Waals surface area contributed by atoms with Crippen LogP contribution in [0.1, 0.15) is 42.5 Å². The zero-order chi connectivity index (χ0) is 15.7. The van der Waals surface area contributed by atoms with Crippen LogP contribution in [0.5, 0.6) is 5.75 Å². The Morgan fingerprint density at radius 2 is 1.86 bits per heavy atom. The Hall–Kier alpha value is -2.04. The molecule has 1 aromatic rings. The van der Waals surface area contributed by atoms with Gasteiger partial charge in [-0.1, -0.05) is 12.8 Å². The third-order valence-electron chi connectivity index (χ3n) is 4.94.